The van der Waals surface area contributed by atoms with Gasteiger partial charge in [0.2, 0.25) is 5.95 Å². The van der Waals surface area contributed by atoms with Crippen molar-refractivity contribution in [3.63, 3.8) is 0 Å². The molecule has 3 aromatic rings. The highest BCUT2D eigenvalue weighted by Crippen LogP contribution is 2.36. The lowest BCUT2D eigenvalue weighted by atomic mass is 9.93. The van der Waals surface area contributed by atoms with E-state index in [1.807, 2.05) is 16.8 Å². The fourth-order valence-electron chi connectivity index (χ4n) is 2.98. The summed E-state index contributed by atoms with van der Waals surface area (Å²) in [6.07, 6.45) is 2.58. The van der Waals surface area contributed by atoms with E-state index in [0.717, 1.165) is 12.4 Å². The summed E-state index contributed by atoms with van der Waals surface area (Å²) in [5.74, 6) is 0.837. The van der Waals surface area contributed by atoms with Crippen molar-refractivity contribution in [2.45, 2.75) is 18.5 Å². The van der Waals surface area contributed by atoms with Gasteiger partial charge in [-0.3, -0.25) is 0 Å². The molecule has 0 aliphatic carbocycles. The van der Waals surface area contributed by atoms with Crippen LogP contribution in [0.15, 0.2) is 67.0 Å². The van der Waals surface area contributed by atoms with Gasteiger partial charge in [0.1, 0.15) is 6.33 Å². The Morgan fingerprint density at radius 1 is 0.905 bits per heavy atom. The maximum Gasteiger partial charge on any atom is 0.222 e. The molecule has 4 heteroatoms. The number of rotatable bonds is 2. The predicted octanol–water partition coefficient (Wildman–Crippen LogP) is 3.42. The maximum absolute atomic E-state index is 4.39. The summed E-state index contributed by atoms with van der Waals surface area (Å²) in [6, 6.07) is 21.5. The van der Waals surface area contributed by atoms with Gasteiger partial charge in [0.15, 0.2) is 0 Å². The molecule has 1 aromatic heterocycles. The van der Waals surface area contributed by atoms with Gasteiger partial charge in [0.25, 0.3) is 0 Å². The molecule has 2 atom stereocenters. The normalized spacial score (nSPS) is 20.6. The Balaban J connectivity index is 1.74. The summed E-state index contributed by atoms with van der Waals surface area (Å²) in [7, 11) is 0. The fourth-order valence-corrected chi connectivity index (χ4v) is 2.98. The largest absolute Gasteiger partial charge is 0.348 e. The van der Waals surface area contributed by atoms with E-state index in [1.54, 1.807) is 6.33 Å². The molecular formula is C17H16N4. The van der Waals surface area contributed by atoms with Crippen molar-refractivity contribution in [2.75, 3.05) is 5.32 Å². The quantitative estimate of drug-likeness (QED) is 0.780. The number of nitrogens with one attached hydrogen (secondary N) is 1. The number of benzene rings is 2. The number of hydrogen-bond donors (Lipinski definition) is 1. The zero-order chi connectivity index (χ0) is 14.1. The zero-order valence-corrected chi connectivity index (χ0v) is 11.6. The van der Waals surface area contributed by atoms with Crippen LogP contribution in [0, 0.1) is 0 Å². The predicted molar refractivity (Wildman–Crippen MR) is 82.0 cm³/mol. The van der Waals surface area contributed by atoms with Crippen molar-refractivity contribution < 1.29 is 0 Å². The van der Waals surface area contributed by atoms with Crippen molar-refractivity contribution in [1.29, 1.82) is 0 Å². The second-order valence-electron chi connectivity index (χ2n) is 5.30. The second kappa shape index (κ2) is 5.05. The highest BCUT2D eigenvalue weighted by atomic mass is 15.4. The van der Waals surface area contributed by atoms with Gasteiger partial charge in [-0.2, -0.15) is 10.1 Å². The van der Waals surface area contributed by atoms with Crippen LogP contribution in [0.25, 0.3) is 0 Å². The van der Waals surface area contributed by atoms with E-state index < -0.39 is 0 Å². The molecule has 1 aliphatic heterocycles. The van der Waals surface area contributed by atoms with E-state index in [9.17, 15) is 0 Å². The van der Waals surface area contributed by atoms with E-state index in [0.29, 0.717) is 0 Å². The van der Waals surface area contributed by atoms with Crippen LogP contribution in [-0.4, -0.2) is 14.8 Å². The molecule has 0 saturated carbocycles. The topological polar surface area (TPSA) is 42.7 Å². The number of aromatic nitrogens is 3. The molecule has 1 aliphatic rings. The molecular weight excluding hydrogens is 260 g/mol. The standard InChI is InChI=1S/C17H16N4/c1-3-7-13(8-4-1)15-11-16(14-9-5-2-6-10-14)21-17(20-15)18-12-19-21/h1-10,12,15-16H,11H2,(H,18,19,20)/t15-,16-/m1/s1. The van der Waals surface area contributed by atoms with Crippen LogP contribution < -0.4 is 5.32 Å². The number of anilines is 1. The van der Waals surface area contributed by atoms with Gasteiger partial charge < -0.3 is 5.32 Å². The van der Waals surface area contributed by atoms with Crippen LogP contribution in [0.5, 0.6) is 0 Å². The Kier molecular flexibility index (Phi) is 2.92. The summed E-state index contributed by atoms with van der Waals surface area (Å²) in [6.45, 7) is 0. The van der Waals surface area contributed by atoms with E-state index in [2.05, 4.69) is 63.9 Å². The number of nitrogens with zero attached hydrogens (tertiary/aromatic N) is 3. The van der Waals surface area contributed by atoms with Gasteiger partial charge in [-0.05, 0) is 17.5 Å². The van der Waals surface area contributed by atoms with E-state index in [4.69, 9.17) is 0 Å². The van der Waals surface area contributed by atoms with Crippen molar-refractivity contribution in [2.24, 2.45) is 0 Å². The molecule has 1 N–H and O–H groups in total. The first kappa shape index (κ1) is 12.1. The molecule has 4 rings (SSSR count). The molecule has 104 valence electrons. The van der Waals surface area contributed by atoms with Crippen molar-refractivity contribution >= 4 is 5.95 Å². The minimum atomic E-state index is 0.218. The van der Waals surface area contributed by atoms with E-state index in [-0.39, 0.29) is 12.1 Å². The maximum atomic E-state index is 4.39. The van der Waals surface area contributed by atoms with Crippen LogP contribution in [-0.2, 0) is 0 Å². The highest BCUT2D eigenvalue weighted by Gasteiger charge is 2.29. The first-order valence-corrected chi connectivity index (χ1v) is 7.18. The van der Waals surface area contributed by atoms with Crippen LogP contribution in [0.1, 0.15) is 29.6 Å². The third kappa shape index (κ3) is 2.18. The third-order valence-corrected chi connectivity index (χ3v) is 4.02. The van der Waals surface area contributed by atoms with Gasteiger partial charge in [-0.15, -0.1) is 0 Å². The minimum absolute atomic E-state index is 0.218. The fraction of sp³-hybridized carbons (Fsp3) is 0.176. The lowest BCUT2D eigenvalue weighted by molar-refractivity contribution is 0.431. The van der Waals surface area contributed by atoms with E-state index in [1.165, 1.54) is 11.1 Å². The van der Waals surface area contributed by atoms with Crippen LogP contribution in [0.3, 0.4) is 0 Å². The highest BCUT2D eigenvalue weighted by molar-refractivity contribution is 5.37. The average Bonchev–Trinajstić information content (AvgIpc) is 3.04. The zero-order valence-electron chi connectivity index (χ0n) is 11.6. The molecule has 0 fully saturated rings. The Bertz CT molecular complexity index is 721. The molecule has 2 aromatic carbocycles. The SMILES string of the molecule is c1ccc([C@H]2C[C@H](c3ccccc3)Nc3ncnn32)cc1. The van der Waals surface area contributed by atoms with Crippen LogP contribution in [0.4, 0.5) is 5.95 Å². The molecule has 0 bridgehead atoms. The molecule has 2 heterocycles. The number of fused-ring (bicyclic) bond motifs is 1. The molecule has 0 saturated heterocycles. The van der Waals surface area contributed by atoms with Gasteiger partial charge in [0.05, 0.1) is 12.1 Å². The molecule has 0 amide bonds. The second-order valence-corrected chi connectivity index (χ2v) is 5.30. The minimum Gasteiger partial charge on any atom is -0.348 e. The smallest absolute Gasteiger partial charge is 0.222 e. The van der Waals surface area contributed by atoms with E-state index >= 15 is 0 Å². The summed E-state index contributed by atoms with van der Waals surface area (Å²) in [4.78, 5) is 4.35. The van der Waals surface area contributed by atoms with Gasteiger partial charge in [0, 0.05) is 0 Å². The Morgan fingerprint density at radius 2 is 1.57 bits per heavy atom. The molecule has 0 radical (unpaired) electrons. The summed E-state index contributed by atoms with van der Waals surface area (Å²) < 4.78 is 1.98. The summed E-state index contributed by atoms with van der Waals surface area (Å²) in [5.41, 5.74) is 2.55. The van der Waals surface area contributed by atoms with Crippen molar-refractivity contribution in [1.82, 2.24) is 14.8 Å². The van der Waals surface area contributed by atoms with Gasteiger partial charge in [-0.25, -0.2) is 4.68 Å². The molecule has 0 unspecified atom stereocenters. The van der Waals surface area contributed by atoms with Gasteiger partial charge in [-0.1, -0.05) is 60.7 Å². The molecule has 21 heavy (non-hydrogen) atoms. The number of hydrogen-bond acceptors (Lipinski definition) is 3. The first-order valence-electron chi connectivity index (χ1n) is 7.18. The van der Waals surface area contributed by atoms with Crippen LogP contribution in [0.2, 0.25) is 0 Å². The van der Waals surface area contributed by atoms with Crippen molar-refractivity contribution in [3.8, 4) is 0 Å². The molecule has 0 spiro atoms. The third-order valence-electron chi connectivity index (χ3n) is 4.02. The Labute approximate surface area is 123 Å². The average molecular weight is 276 g/mol. The van der Waals surface area contributed by atoms with Gasteiger partial charge >= 0.3 is 0 Å². The Hall–Kier alpha value is -2.62. The summed E-state index contributed by atoms with van der Waals surface area (Å²) >= 11 is 0. The summed E-state index contributed by atoms with van der Waals surface area (Å²) in [5, 5.41) is 7.87. The first-order chi connectivity index (χ1) is 10.4. The van der Waals surface area contributed by atoms with Crippen LogP contribution >= 0.6 is 0 Å². The monoisotopic (exact) mass is 276 g/mol. The lowest BCUT2D eigenvalue weighted by Gasteiger charge is -2.31. The van der Waals surface area contributed by atoms with Crippen molar-refractivity contribution in [3.05, 3.63) is 78.1 Å². The Morgan fingerprint density at radius 3 is 2.29 bits per heavy atom. The lowest BCUT2D eigenvalue weighted by Crippen LogP contribution is -2.28. The molecule has 4 nitrogen and oxygen atoms in total.